The van der Waals surface area contributed by atoms with Crippen molar-refractivity contribution >= 4 is 5.91 Å². The molecule has 0 unspecified atom stereocenters. The predicted molar refractivity (Wildman–Crippen MR) is 70.3 cm³/mol. The fourth-order valence-corrected chi connectivity index (χ4v) is 1.87. The van der Waals surface area contributed by atoms with Crippen LogP contribution in [-0.2, 0) is 0 Å². The molecular formula is C15H17NO2. The maximum absolute atomic E-state index is 12.3. The van der Waals surface area contributed by atoms with Crippen molar-refractivity contribution in [1.82, 2.24) is 4.90 Å². The van der Waals surface area contributed by atoms with Gasteiger partial charge in [0.1, 0.15) is 5.75 Å². The molecule has 1 amide bonds. The van der Waals surface area contributed by atoms with Crippen LogP contribution in [0.1, 0.15) is 28.8 Å². The molecule has 0 aliphatic heterocycles. The second kappa shape index (κ2) is 5.14. The number of aryl methyl sites for hydroxylation is 1. The Morgan fingerprint density at radius 1 is 1.56 bits per heavy atom. The Hall–Kier alpha value is -1.95. The van der Waals surface area contributed by atoms with E-state index in [2.05, 4.69) is 5.92 Å². The molecular weight excluding hydrogens is 226 g/mol. The van der Waals surface area contributed by atoms with Gasteiger partial charge in [-0.1, -0.05) is 12.0 Å². The number of terminal acetylenes is 1. The highest BCUT2D eigenvalue weighted by Crippen LogP contribution is 2.30. The van der Waals surface area contributed by atoms with Gasteiger partial charge in [0.15, 0.2) is 0 Å². The van der Waals surface area contributed by atoms with Gasteiger partial charge in [-0.25, -0.2) is 0 Å². The van der Waals surface area contributed by atoms with Gasteiger partial charge in [-0.05, 0) is 43.4 Å². The third-order valence-electron chi connectivity index (χ3n) is 3.20. The van der Waals surface area contributed by atoms with E-state index in [1.165, 1.54) is 18.9 Å². The Kier molecular flexibility index (Phi) is 3.57. The quantitative estimate of drug-likeness (QED) is 0.823. The van der Waals surface area contributed by atoms with Gasteiger partial charge < -0.3 is 10.0 Å². The Morgan fingerprint density at radius 3 is 2.83 bits per heavy atom. The molecule has 1 N–H and O–H groups in total. The molecule has 1 fully saturated rings. The summed E-state index contributed by atoms with van der Waals surface area (Å²) in [6, 6.07) is 4.98. The van der Waals surface area contributed by atoms with Gasteiger partial charge in [0.25, 0.3) is 5.91 Å². The minimum absolute atomic E-state index is 0.102. The number of carbonyl (C=O) groups excluding carboxylic acids is 1. The van der Waals surface area contributed by atoms with Crippen LogP contribution in [-0.4, -0.2) is 29.0 Å². The molecule has 1 aliphatic carbocycles. The number of phenolic OH excluding ortho intramolecular Hbond substituents is 1. The number of aromatic hydroxyl groups is 1. The lowest BCUT2D eigenvalue weighted by atomic mass is 10.1. The zero-order valence-corrected chi connectivity index (χ0v) is 10.5. The molecule has 0 saturated heterocycles. The van der Waals surface area contributed by atoms with E-state index in [0.717, 1.165) is 12.1 Å². The van der Waals surface area contributed by atoms with Crippen LogP contribution < -0.4 is 0 Å². The Bertz CT molecular complexity index is 498. The Balaban J connectivity index is 2.15. The van der Waals surface area contributed by atoms with Crippen LogP contribution in [0.5, 0.6) is 5.75 Å². The molecule has 2 rings (SSSR count). The van der Waals surface area contributed by atoms with Crippen molar-refractivity contribution < 1.29 is 9.90 Å². The van der Waals surface area contributed by atoms with Crippen molar-refractivity contribution in [3.8, 4) is 18.1 Å². The molecule has 0 spiro atoms. The molecule has 0 aromatic heterocycles. The third kappa shape index (κ3) is 2.84. The summed E-state index contributed by atoms with van der Waals surface area (Å²) >= 11 is 0. The average Bonchev–Trinajstić information content (AvgIpc) is 3.15. The van der Waals surface area contributed by atoms with Gasteiger partial charge in [0, 0.05) is 12.1 Å². The van der Waals surface area contributed by atoms with Gasteiger partial charge >= 0.3 is 0 Å². The lowest BCUT2D eigenvalue weighted by Crippen LogP contribution is -2.33. The zero-order chi connectivity index (χ0) is 13.1. The minimum Gasteiger partial charge on any atom is -0.508 e. The molecule has 18 heavy (non-hydrogen) atoms. The third-order valence-corrected chi connectivity index (χ3v) is 3.20. The van der Waals surface area contributed by atoms with Crippen LogP contribution in [0, 0.1) is 25.2 Å². The molecule has 0 bridgehead atoms. The molecule has 3 heteroatoms. The van der Waals surface area contributed by atoms with Gasteiger partial charge in [-0.15, -0.1) is 6.42 Å². The van der Waals surface area contributed by atoms with Gasteiger partial charge in [0.05, 0.1) is 6.54 Å². The lowest BCUT2D eigenvalue weighted by molar-refractivity contribution is 0.0769. The molecule has 1 saturated carbocycles. The van der Waals surface area contributed by atoms with Crippen molar-refractivity contribution in [2.24, 2.45) is 5.92 Å². The summed E-state index contributed by atoms with van der Waals surface area (Å²) in [4.78, 5) is 14.0. The van der Waals surface area contributed by atoms with Crippen LogP contribution >= 0.6 is 0 Å². The highest BCUT2D eigenvalue weighted by Gasteiger charge is 2.27. The van der Waals surface area contributed by atoms with E-state index in [9.17, 15) is 9.90 Å². The predicted octanol–water partition coefficient (Wildman–Crippen LogP) is 2.19. The number of benzene rings is 1. The van der Waals surface area contributed by atoms with E-state index in [1.54, 1.807) is 24.0 Å². The van der Waals surface area contributed by atoms with Gasteiger partial charge in [0.2, 0.25) is 0 Å². The van der Waals surface area contributed by atoms with Crippen LogP contribution in [0.2, 0.25) is 0 Å². The average molecular weight is 243 g/mol. The van der Waals surface area contributed by atoms with E-state index in [0.29, 0.717) is 18.0 Å². The van der Waals surface area contributed by atoms with E-state index in [-0.39, 0.29) is 11.7 Å². The first-order valence-corrected chi connectivity index (χ1v) is 6.14. The Labute approximate surface area is 107 Å². The first-order valence-electron chi connectivity index (χ1n) is 6.14. The smallest absolute Gasteiger partial charge is 0.254 e. The summed E-state index contributed by atoms with van der Waals surface area (Å²) < 4.78 is 0. The van der Waals surface area contributed by atoms with Crippen molar-refractivity contribution in [2.75, 3.05) is 13.1 Å². The number of rotatable bonds is 4. The summed E-state index contributed by atoms with van der Waals surface area (Å²) in [5, 5.41) is 9.64. The zero-order valence-electron chi connectivity index (χ0n) is 10.5. The number of hydrogen-bond acceptors (Lipinski definition) is 2. The molecule has 94 valence electrons. The summed E-state index contributed by atoms with van der Waals surface area (Å²) in [7, 11) is 0. The normalized spacial score (nSPS) is 14.0. The summed E-state index contributed by atoms with van der Waals surface area (Å²) in [5.41, 5.74) is 1.26. The number of nitrogens with zero attached hydrogens (tertiary/aromatic N) is 1. The highest BCUT2D eigenvalue weighted by atomic mass is 16.3. The second-order valence-electron chi connectivity index (χ2n) is 4.83. The molecule has 3 nitrogen and oxygen atoms in total. The van der Waals surface area contributed by atoms with Crippen LogP contribution in [0.15, 0.2) is 18.2 Å². The number of carbonyl (C=O) groups is 1. The molecule has 0 atom stereocenters. The first-order chi connectivity index (χ1) is 8.61. The summed E-state index contributed by atoms with van der Waals surface area (Å²) in [6.07, 6.45) is 7.65. The molecule has 0 radical (unpaired) electrons. The molecule has 0 heterocycles. The Morgan fingerprint density at radius 2 is 2.28 bits per heavy atom. The fourth-order valence-electron chi connectivity index (χ4n) is 1.87. The van der Waals surface area contributed by atoms with Crippen molar-refractivity contribution in [3.05, 3.63) is 29.3 Å². The second-order valence-corrected chi connectivity index (χ2v) is 4.83. The van der Waals surface area contributed by atoms with E-state index < -0.39 is 0 Å². The highest BCUT2D eigenvalue weighted by molar-refractivity contribution is 5.95. The maximum Gasteiger partial charge on any atom is 0.254 e. The van der Waals surface area contributed by atoms with Crippen molar-refractivity contribution in [2.45, 2.75) is 19.8 Å². The van der Waals surface area contributed by atoms with Crippen molar-refractivity contribution in [1.29, 1.82) is 0 Å². The van der Waals surface area contributed by atoms with Crippen LogP contribution in [0.4, 0.5) is 0 Å². The summed E-state index contributed by atoms with van der Waals surface area (Å²) in [5.74, 6) is 3.16. The molecule has 1 aliphatic rings. The van der Waals surface area contributed by atoms with E-state index in [4.69, 9.17) is 6.42 Å². The lowest BCUT2D eigenvalue weighted by Gasteiger charge is -2.20. The van der Waals surface area contributed by atoms with Gasteiger partial charge in [-0.2, -0.15) is 0 Å². The maximum atomic E-state index is 12.3. The molecule has 1 aromatic carbocycles. The SMILES string of the molecule is C#CCN(CC1CC1)C(=O)c1ccc(C)c(O)c1. The van der Waals surface area contributed by atoms with E-state index >= 15 is 0 Å². The minimum atomic E-state index is -0.102. The van der Waals surface area contributed by atoms with Crippen molar-refractivity contribution in [3.63, 3.8) is 0 Å². The molecule has 1 aromatic rings. The van der Waals surface area contributed by atoms with Crippen LogP contribution in [0.3, 0.4) is 0 Å². The fraction of sp³-hybridized carbons (Fsp3) is 0.400. The standard InChI is InChI=1S/C15H17NO2/c1-3-8-16(10-12-5-6-12)15(18)13-7-4-11(2)14(17)9-13/h1,4,7,9,12,17H,5-6,8,10H2,2H3. The van der Waals surface area contributed by atoms with Gasteiger partial charge in [-0.3, -0.25) is 4.79 Å². The van der Waals surface area contributed by atoms with E-state index in [1.807, 2.05) is 0 Å². The largest absolute Gasteiger partial charge is 0.508 e. The number of phenols is 1. The first kappa shape index (κ1) is 12.5. The number of hydrogen-bond donors (Lipinski definition) is 1. The number of amides is 1. The monoisotopic (exact) mass is 243 g/mol. The summed E-state index contributed by atoms with van der Waals surface area (Å²) in [6.45, 7) is 2.84. The van der Waals surface area contributed by atoms with Crippen LogP contribution in [0.25, 0.3) is 0 Å². The topological polar surface area (TPSA) is 40.5 Å².